The highest BCUT2D eigenvalue weighted by atomic mass is 16.2. The molecule has 0 saturated carbocycles. The van der Waals surface area contributed by atoms with Crippen LogP contribution in [0.25, 0.3) is 0 Å². The van der Waals surface area contributed by atoms with Gasteiger partial charge in [0.05, 0.1) is 6.54 Å². The third kappa shape index (κ3) is 4.32. The van der Waals surface area contributed by atoms with E-state index in [4.69, 9.17) is 5.73 Å². The molecule has 2 rings (SSSR count). The van der Waals surface area contributed by atoms with Crippen LogP contribution in [0, 0.1) is 0 Å². The van der Waals surface area contributed by atoms with Gasteiger partial charge in [-0.25, -0.2) is 0 Å². The second-order valence-electron chi connectivity index (χ2n) is 5.63. The minimum Gasteiger partial charge on any atom is -0.342 e. The molecule has 1 heterocycles. The molecule has 0 aromatic heterocycles. The zero-order chi connectivity index (χ0) is 14.4. The maximum absolute atomic E-state index is 12.2. The molecule has 1 fully saturated rings. The van der Waals surface area contributed by atoms with E-state index in [0.29, 0.717) is 13.1 Å². The van der Waals surface area contributed by atoms with Gasteiger partial charge in [0.25, 0.3) is 0 Å². The highest BCUT2D eigenvalue weighted by Gasteiger charge is 2.17. The van der Waals surface area contributed by atoms with Gasteiger partial charge in [0.2, 0.25) is 5.91 Å². The quantitative estimate of drug-likeness (QED) is 0.888. The summed E-state index contributed by atoms with van der Waals surface area (Å²) in [5.74, 6) is 0.255. The number of nitrogens with zero attached hydrogens (tertiary/aromatic N) is 2. The number of likely N-dealkylation sites (tertiary alicyclic amines) is 1. The Bertz CT molecular complexity index is 424. The van der Waals surface area contributed by atoms with Gasteiger partial charge in [-0.15, -0.1) is 0 Å². The molecular weight excluding hydrogens is 250 g/mol. The molecule has 1 aliphatic rings. The van der Waals surface area contributed by atoms with Gasteiger partial charge in [-0.05, 0) is 37.4 Å². The van der Waals surface area contributed by atoms with E-state index in [-0.39, 0.29) is 5.91 Å². The van der Waals surface area contributed by atoms with E-state index < -0.39 is 0 Å². The van der Waals surface area contributed by atoms with Crippen LogP contribution in [0.3, 0.4) is 0 Å². The minimum atomic E-state index is 0.255. The van der Waals surface area contributed by atoms with Gasteiger partial charge in [0.1, 0.15) is 0 Å². The summed E-state index contributed by atoms with van der Waals surface area (Å²) >= 11 is 0. The molecule has 0 unspecified atom stereocenters. The summed E-state index contributed by atoms with van der Waals surface area (Å²) in [5.41, 5.74) is 7.95. The van der Waals surface area contributed by atoms with E-state index in [9.17, 15) is 4.79 Å². The topological polar surface area (TPSA) is 49.6 Å². The van der Waals surface area contributed by atoms with E-state index in [1.165, 1.54) is 12.0 Å². The van der Waals surface area contributed by atoms with Gasteiger partial charge in [-0.2, -0.15) is 0 Å². The van der Waals surface area contributed by atoms with Crippen LogP contribution in [0.1, 0.15) is 30.4 Å². The molecule has 0 radical (unpaired) electrons. The normalized spacial score (nSPS) is 15.7. The van der Waals surface area contributed by atoms with Crippen molar-refractivity contribution < 1.29 is 4.79 Å². The van der Waals surface area contributed by atoms with E-state index in [1.54, 1.807) is 0 Å². The molecule has 2 N–H and O–H groups in total. The fourth-order valence-corrected chi connectivity index (χ4v) is 2.62. The summed E-state index contributed by atoms with van der Waals surface area (Å²) in [6, 6.07) is 8.28. The number of likely N-dealkylation sites (N-methyl/N-ethyl adjacent to an activating group) is 1. The van der Waals surface area contributed by atoms with Gasteiger partial charge in [0.15, 0.2) is 0 Å². The lowest BCUT2D eigenvalue weighted by Crippen LogP contribution is -2.41. The van der Waals surface area contributed by atoms with Gasteiger partial charge >= 0.3 is 0 Å². The highest BCUT2D eigenvalue weighted by Crippen LogP contribution is 2.10. The average Bonchev–Trinajstić information content (AvgIpc) is 2.49. The Labute approximate surface area is 121 Å². The van der Waals surface area contributed by atoms with Gasteiger partial charge in [0, 0.05) is 26.2 Å². The van der Waals surface area contributed by atoms with Crippen LogP contribution in [0.2, 0.25) is 0 Å². The number of hydrogen-bond donors (Lipinski definition) is 1. The molecule has 0 bridgehead atoms. The largest absolute Gasteiger partial charge is 0.342 e. The van der Waals surface area contributed by atoms with Crippen LogP contribution < -0.4 is 5.73 Å². The van der Waals surface area contributed by atoms with Crippen molar-refractivity contribution in [3.05, 3.63) is 35.4 Å². The van der Waals surface area contributed by atoms with Crippen LogP contribution >= 0.6 is 0 Å². The lowest BCUT2D eigenvalue weighted by Gasteiger charge is -2.28. The molecule has 1 amide bonds. The van der Waals surface area contributed by atoms with Crippen LogP contribution in [0.15, 0.2) is 24.3 Å². The fourth-order valence-electron chi connectivity index (χ4n) is 2.62. The lowest BCUT2D eigenvalue weighted by atomic mass is 10.1. The molecular formula is C16H25N3O. The Morgan fingerprint density at radius 3 is 2.35 bits per heavy atom. The second-order valence-corrected chi connectivity index (χ2v) is 5.63. The molecule has 0 aliphatic carbocycles. The summed E-state index contributed by atoms with van der Waals surface area (Å²) in [5, 5.41) is 0. The molecule has 0 spiro atoms. The SMILES string of the molecule is CN(CC(=O)N1CCCCC1)Cc1ccc(CN)cc1. The number of hydrogen-bond acceptors (Lipinski definition) is 3. The van der Waals surface area contributed by atoms with Crippen LogP contribution in [0.5, 0.6) is 0 Å². The Hall–Kier alpha value is -1.39. The average molecular weight is 275 g/mol. The van der Waals surface area contributed by atoms with E-state index >= 15 is 0 Å². The smallest absolute Gasteiger partial charge is 0.236 e. The molecule has 1 saturated heterocycles. The van der Waals surface area contributed by atoms with Crippen molar-refractivity contribution in [1.82, 2.24) is 9.80 Å². The molecule has 20 heavy (non-hydrogen) atoms. The Morgan fingerprint density at radius 1 is 1.15 bits per heavy atom. The first kappa shape index (κ1) is 15.0. The van der Waals surface area contributed by atoms with Crippen molar-refractivity contribution >= 4 is 5.91 Å². The van der Waals surface area contributed by atoms with Crippen LogP contribution in [-0.4, -0.2) is 42.4 Å². The number of piperidine rings is 1. The van der Waals surface area contributed by atoms with Gasteiger partial charge < -0.3 is 10.6 Å². The predicted molar refractivity (Wildman–Crippen MR) is 81.1 cm³/mol. The molecule has 4 nitrogen and oxygen atoms in total. The number of amides is 1. The number of benzene rings is 1. The third-order valence-electron chi connectivity index (χ3n) is 3.83. The lowest BCUT2D eigenvalue weighted by molar-refractivity contribution is -0.133. The predicted octanol–water partition coefficient (Wildman–Crippen LogP) is 1.59. The Morgan fingerprint density at radius 2 is 1.75 bits per heavy atom. The zero-order valence-corrected chi connectivity index (χ0v) is 12.3. The first-order chi connectivity index (χ1) is 9.69. The first-order valence-electron chi connectivity index (χ1n) is 7.43. The van der Waals surface area contributed by atoms with E-state index in [2.05, 4.69) is 29.2 Å². The third-order valence-corrected chi connectivity index (χ3v) is 3.83. The maximum Gasteiger partial charge on any atom is 0.236 e. The molecule has 4 heteroatoms. The van der Waals surface area contributed by atoms with Gasteiger partial charge in [-0.3, -0.25) is 9.69 Å². The summed E-state index contributed by atoms with van der Waals surface area (Å²) in [7, 11) is 2.00. The van der Waals surface area contributed by atoms with Gasteiger partial charge in [-0.1, -0.05) is 24.3 Å². The summed E-state index contributed by atoms with van der Waals surface area (Å²) in [6.07, 6.45) is 3.55. The number of carbonyl (C=O) groups excluding carboxylic acids is 1. The van der Waals surface area contributed by atoms with E-state index in [1.807, 2.05) is 11.9 Å². The number of carbonyl (C=O) groups is 1. The second kappa shape index (κ2) is 7.41. The molecule has 110 valence electrons. The number of rotatable bonds is 5. The zero-order valence-electron chi connectivity index (χ0n) is 12.3. The summed E-state index contributed by atoms with van der Waals surface area (Å²) in [4.78, 5) is 16.2. The molecule has 0 atom stereocenters. The first-order valence-corrected chi connectivity index (χ1v) is 7.43. The van der Waals surface area contributed by atoms with Crippen molar-refractivity contribution in [3.63, 3.8) is 0 Å². The fraction of sp³-hybridized carbons (Fsp3) is 0.562. The summed E-state index contributed by atoms with van der Waals surface area (Å²) < 4.78 is 0. The van der Waals surface area contributed by atoms with E-state index in [0.717, 1.165) is 38.0 Å². The van der Waals surface area contributed by atoms with Crippen LogP contribution in [0.4, 0.5) is 0 Å². The van der Waals surface area contributed by atoms with Crippen molar-refractivity contribution in [1.29, 1.82) is 0 Å². The van der Waals surface area contributed by atoms with Crippen molar-refractivity contribution in [2.24, 2.45) is 5.73 Å². The monoisotopic (exact) mass is 275 g/mol. The van der Waals surface area contributed by atoms with Crippen molar-refractivity contribution in [3.8, 4) is 0 Å². The Balaban J connectivity index is 1.81. The maximum atomic E-state index is 12.2. The molecule has 1 aromatic rings. The van der Waals surface area contributed by atoms with Crippen LogP contribution in [-0.2, 0) is 17.9 Å². The standard InChI is InChI=1S/C16H25N3O/c1-18(12-15-7-5-14(11-17)6-8-15)13-16(20)19-9-3-2-4-10-19/h5-8H,2-4,9-13,17H2,1H3. The summed E-state index contributed by atoms with van der Waals surface area (Å²) in [6.45, 7) is 3.72. The molecule has 1 aliphatic heterocycles. The Kier molecular flexibility index (Phi) is 5.56. The number of nitrogens with two attached hydrogens (primary N) is 1. The highest BCUT2D eigenvalue weighted by molar-refractivity contribution is 5.78. The molecule has 1 aromatic carbocycles. The van der Waals surface area contributed by atoms with Crippen molar-refractivity contribution in [2.45, 2.75) is 32.4 Å². The minimum absolute atomic E-state index is 0.255. The van der Waals surface area contributed by atoms with Crippen molar-refractivity contribution in [2.75, 3.05) is 26.7 Å².